The Hall–Kier alpha value is -1.34. The molecule has 5 nitrogen and oxygen atoms in total. The number of fused-ring (bicyclic) bond motifs is 1. The van der Waals surface area contributed by atoms with Crippen LogP contribution in [0.1, 0.15) is 19.3 Å². The van der Waals surface area contributed by atoms with Crippen LogP contribution in [-0.4, -0.2) is 49.2 Å². The highest BCUT2D eigenvalue weighted by Crippen LogP contribution is 2.43. The SMILES string of the molecule is CSc1ccc2ncnc(N3CCC4(CCS(=O)(=O)CC4)C3)c2c1. The zero-order chi connectivity index (χ0) is 16.8. The molecule has 0 saturated carbocycles. The second-order valence-electron chi connectivity index (χ2n) is 6.90. The van der Waals surface area contributed by atoms with Gasteiger partial charge in [0, 0.05) is 23.4 Å². The normalized spacial score (nSPS) is 22.3. The first-order valence-electron chi connectivity index (χ1n) is 8.24. The zero-order valence-electron chi connectivity index (χ0n) is 13.7. The molecule has 0 atom stereocenters. The minimum atomic E-state index is -2.82. The summed E-state index contributed by atoms with van der Waals surface area (Å²) in [6.07, 6.45) is 6.32. The Kier molecular flexibility index (Phi) is 3.95. The molecule has 0 amide bonds. The molecular weight excluding hydrogens is 342 g/mol. The summed E-state index contributed by atoms with van der Waals surface area (Å²) in [5, 5.41) is 1.09. The van der Waals surface area contributed by atoms with Crippen molar-refractivity contribution in [3.05, 3.63) is 24.5 Å². The van der Waals surface area contributed by atoms with E-state index in [1.165, 1.54) is 4.90 Å². The van der Waals surface area contributed by atoms with Crippen LogP contribution in [-0.2, 0) is 9.84 Å². The molecule has 2 fully saturated rings. The molecule has 0 bridgehead atoms. The van der Waals surface area contributed by atoms with E-state index in [1.807, 2.05) is 6.07 Å². The average Bonchev–Trinajstić information content (AvgIpc) is 3.01. The molecule has 7 heteroatoms. The van der Waals surface area contributed by atoms with E-state index >= 15 is 0 Å². The molecule has 128 valence electrons. The fourth-order valence-electron chi connectivity index (χ4n) is 3.90. The second kappa shape index (κ2) is 5.88. The number of anilines is 1. The smallest absolute Gasteiger partial charge is 0.150 e. The quantitative estimate of drug-likeness (QED) is 0.765. The molecule has 0 radical (unpaired) electrons. The highest BCUT2D eigenvalue weighted by atomic mass is 32.2. The minimum Gasteiger partial charge on any atom is -0.355 e. The number of hydrogen-bond acceptors (Lipinski definition) is 6. The van der Waals surface area contributed by atoms with Crippen LogP contribution >= 0.6 is 11.8 Å². The molecule has 2 aliphatic heterocycles. The Balaban J connectivity index is 1.65. The van der Waals surface area contributed by atoms with Crippen LogP contribution in [0.5, 0.6) is 0 Å². The molecule has 4 rings (SSSR count). The Morgan fingerprint density at radius 3 is 2.71 bits per heavy atom. The van der Waals surface area contributed by atoms with Gasteiger partial charge in [-0.2, -0.15) is 0 Å². The number of aromatic nitrogens is 2. The lowest BCUT2D eigenvalue weighted by Gasteiger charge is -2.33. The van der Waals surface area contributed by atoms with E-state index in [9.17, 15) is 8.42 Å². The van der Waals surface area contributed by atoms with Gasteiger partial charge in [-0.05, 0) is 49.1 Å². The highest BCUT2D eigenvalue weighted by molar-refractivity contribution is 7.98. The van der Waals surface area contributed by atoms with Crippen molar-refractivity contribution in [2.45, 2.75) is 24.2 Å². The van der Waals surface area contributed by atoms with E-state index in [0.29, 0.717) is 11.5 Å². The van der Waals surface area contributed by atoms with Crippen LogP contribution in [0, 0.1) is 5.41 Å². The maximum Gasteiger partial charge on any atom is 0.150 e. The van der Waals surface area contributed by atoms with Crippen LogP contribution in [0.4, 0.5) is 5.82 Å². The molecule has 1 aromatic heterocycles. The van der Waals surface area contributed by atoms with E-state index < -0.39 is 9.84 Å². The van der Waals surface area contributed by atoms with E-state index in [0.717, 1.165) is 49.1 Å². The molecule has 2 aliphatic rings. The van der Waals surface area contributed by atoms with Gasteiger partial charge in [-0.25, -0.2) is 18.4 Å². The van der Waals surface area contributed by atoms with Crippen LogP contribution in [0.3, 0.4) is 0 Å². The summed E-state index contributed by atoms with van der Waals surface area (Å²) in [5.74, 6) is 1.66. The zero-order valence-corrected chi connectivity index (χ0v) is 15.4. The van der Waals surface area contributed by atoms with Gasteiger partial charge in [0.1, 0.15) is 22.0 Å². The van der Waals surface area contributed by atoms with E-state index in [2.05, 4.69) is 33.3 Å². The summed E-state index contributed by atoms with van der Waals surface area (Å²) in [5.41, 5.74) is 1.10. The van der Waals surface area contributed by atoms with E-state index in [4.69, 9.17) is 0 Å². The van der Waals surface area contributed by atoms with E-state index in [1.54, 1.807) is 18.1 Å². The van der Waals surface area contributed by atoms with Gasteiger partial charge in [-0.3, -0.25) is 0 Å². The molecule has 3 heterocycles. The Bertz CT molecular complexity index is 869. The first-order valence-corrected chi connectivity index (χ1v) is 11.3. The monoisotopic (exact) mass is 363 g/mol. The van der Waals surface area contributed by atoms with Gasteiger partial charge < -0.3 is 4.90 Å². The topological polar surface area (TPSA) is 63.2 Å². The van der Waals surface area contributed by atoms with Crippen LogP contribution in [0.15, 0.2) is 29.4 Å². The summed E-state index contributed by atoms with van der Waals surface area (Å²) < 4.78 is 23.5. The number of rotatable bonds is 2. The Morgan fingerprint density at radius 1 is 1.17 bits per heavy atom. The van der Waals surface area contributed by atoms with Gasteiger partial charge in [0.2, 0.25) is 0 Å². The maximum atomic E-state index is 11.8. The highest BCUT2D eigenvalue weighted by Gasteiger charge is 2.43. The number of thioether (sulfide) groups is 1. The van der Waals surface area contributed by atoms with Gasteiger partial charge in [0.05, 0.1) is 17.0 Å². The first-order chi connectivity index (χ1) is 11.5. The first kappa shape index (κ1) is 16.1. The average molecular weight is 364 g/mol. The van der Waals surface area contributed by atoms with Crippen molar-refractivity contribution >= 4 is 38.3 Å². The number of hydrogen-bond donors (Lipinski definition) is 0. The third-order valence-electron chi connectivity index (χ3n) is 5.45. The Labute approximate surface area is 146 Å². The largest absolute Gasteiger partial charge is 0.355 e. The molecule has 2 saturated heterocycles. The molecule has 0 N–H and O–H groups in total. The molecule has 1 spiro atoms. The van der Waals surface area contributed by atoms with Crippen LogP contribution < -0.4 is 4.90 Å². The van der Waals surface area contributed by atoms with Gasteiger partial charge in [-0.15, -0.1) is 11.8 Å². The lowest BCUT2D eigenvalue weighted by molar-refractivity contribution is 0.292. The second-order valence-corrected chi connectivity index (χ2v) is 10.1. The summed E-state index contributed by atoms with van der Waals surface area (Å²) in [6, 6.07) is 6.29. The molecule has 0 aliphatic carbocycles. The molecule has 24 heavy (non-hydrogen) atoms. The third-order valence-corrected chi connectivity index (χ3v) is 7.82. The van der Waals surface area contributed by atoms with Crippen LogP contribution in [0.25, 0.3) is 10.9 Å². The molecule has 2 aromatic rings. The van der Waals surface area contributed by atoms with E-state index in [-0.39, 0.29) is 5.41 Å². The van der Waals surface area contributed by atoms with Crippen molar-refractivity contribution in [3.63, 3.8) is 0 Å². The van der Waals surface area contributed by atoms with Crippen molar-refractivity contribution in [3.8, 4) is 0 Å². The van der Waals surface area contributed by atoms with Crippen molar-refractivity contribution in [1.82, 2.24) is 9.97 Å². The fraction of sp³-hybridized carbons (Fsp3) is 0.529. The molecule has 0 unspecified atom stereocenters. The van der Waals surface area contributed by atoms with Gasteiger partial charge in [0.15, 0.2) is 0 Å². The van der Waals surface area contributed by atoms with Crippen molar-refractivity contribution in [2.24, 2.45) is 5.41 Å². The predicted octanol–water partition coefficient (Wildman–Crippen LogP) is 2.76. The van der Waals surface area contributed by atoms with Gasteiger partial charge in [-0.1, -0.05) is 0 Å². The summed E-state index contributed by atoms with van der Waals surface area (Å²) in [4.78, 5) is 12.5. The Morgan fingerprint density at radius 2 is 1.96 bits per heavy atom. The lowest BCUT2D eigenvalue weighted by atomic mass is 9.81. The predicted molar refractivity (Wildman–Crippen MR) is 98.5 cm³/mol. The fourth-order valence-corrected chi connectivity index (χ4v) is 6.03. The van der Waals surface area contributed by atoms with Gasteiger partial charge in [0.25, 0.3) is 0 Å². The van der Waals surface area contributed by atoms with Crippen molar-refractivity contribution in [1.29, 1.82) is 0 Å². The summed E-state index contributed by atoms with van der Waals surface area (Å²) in [6.45, 7) is 1.84. The summed E-state index contributed by atoms with van der Waals surface area (Å²) in [7, 11) is -2.82. The lowest BCUT2D eigenvalue weighted by Crippen LogP contribution is -2.36. The third kappa shape index (κ3) is 2.88. The number of benzene rings is 1. The number of nitrogens with zero attached hydrogens (tertiary/aromatic N) is 3. The standard InChI is InChI=1S/C17H21N3O2S2/c1-23-13-2-3-15-14(10-13)16(19-12-18-15)20-7-4-17(11-20)5-8-24(21,22)9-6-17/h2-3,10,12H,4-9,11H2,1H3. The molecular formula is C17H21N3O2S2. The van der Waals surface area contributed by atoms with Crippen molar-refractivity contribution < 1.29 is 8.42 Å². The minimum absolute atomic E-state index is 0.139. The van der Waals surface area contributed by atoms with Crippen molar-refractivity contribution in [2.75, 3.05) is 35.8 Å². The summed E-state index contributed by atoms with van der Waals surface area (Å²) >= 11 is 1.72. The maximum absolute atomic E-state index is 11.8. The van der Waals surface area contributed by atoms with Crippen LogP contribution in [0.2, 0.25) is 0 Å². The van der Waals surface area contributed by atoms with Gasteiger partial charge >= 0.3 is 0 Å². The molecule has 1 aromatic carbocycles. The number of sulfone groups is 1.